The van der Waals surface area contributed by atoms with Gasteiger partial charge in [0.05, 0.1) is 25.4 Å². The Bertz CT molecular complexity index is 169. The van der Waals surface area contributed by atoms with Gasteiger partial charge in [-0.25, -0.2) is 0 Å². The molecule has 1 heterocycles. The van der Waals surface area contributed by atoms with Crippen molar-refractivity contribution >= 4 is 0 Å². The Kier molecular flexibility index (Phi) is 3.29. The molecule has 2 N–H and O–H groups in total. The Morgan fingerprint density at radius 1 is 1.54 bits per heavy atom. The van der Waals surface area contributed by atoms with Crippen molar-refractivity contribution in [2.75, 3.05) is 13.2 Å². The molecule has 4 heteroatoms. The molecular formula is C9H18O4. The summed E-state index contributed by atoms with van der Waals surface area (Å²) in [6.07, 6.45) is -0.861. The molecule has 1 saturated heterocycles. The molecule has 0 spiro atoms. The summed E-state index contributed by atoms with van der Waals surface area (Å²) >= 11 is 0. The van der Waals surface area contributed by atoms with Gasteiger partial charge in [0.25, 0.3) is 0 Å². The Hall–Kier alpha value is -0.160. The van der Waals surface area contributed by atoms with Crippen LogP contribution in [-0.4, -0.2) is 41.4 Å². The normalized spacial score (nSPS) is 31.6. The van der Waals surface area contributed by atoms with Gasteiger partial charge >= 0.3 is 0 Å². The van der Waals surface area contributed by atoms with Gasteiger partial charge in [-0.2, -0.15) is 0 Å². The molecule has 4 nitrogen and oxygen atoms in total. The predicted octanol–water partition coefficient (Wildman–Crippen LogP) is 0.127. The molecule has 1 fully saturated rings. The minimum atomic E-state index is -0.734. The Balaban J connectivity index is 2.46. The highest BCUT2D eigenvalue weighted by Gasteiger charge is 2.37. The monoisotopic (exact) mass is 190 g/mol. The van der Waals surface area contributed by atoms with Crippen LogP contribution in [0.3, 0.4) is 0 Å². The average Bonchev–Trinajstić information content (AvgIpc) is 2.43. The summed E-state index contributed by atoms with van der Waals surface area (Å²) in [7, 11) is 0. The van der Waals surface area contributed by atoms with E-state index >= 15 is 0 Å². The highest BCUT2D eigenvalue weighted by Crippen LogP contribution is 2.27. The predicted molar refractivity (Wildman–Crippen MR) is 47.2 cm³/mol. The lowest BCUT2D eigenvalue weighted by atomic mass is 9.99. The quantitative estimate of drug-likeness (QED) is 0.664. The first-order valence-corrected chi connectivity index (χ1v) is 4.57. The summed E-state index contributed by atoms with van der Waals surface area (Å²) in [4.78, 5) is 0. The molecule has 0 radical (unpaired) electrons. The molecule has 1 aliphatic heterocycles. The van der Waals surface area contributed by atoms with Crippen LogP contribution in [0.25, 0.3) is 0 Å². The van der Waals surface area contributed by atoms with Gasteiger partial charge in [-0.15, -0.1) is 0 Å². The van der Waals surface area contributed by atoms with Gasteiger partial charge in [-0.1, -0.05) is 6.92 Å². The highest BCUT2D eigenvalue weighted by atomic mass is 16.7. The van der Waals surface area contributed by atoms with Crippen LogP contribution in [0.1, 0.15) is 20.8 Å². The Morgan fingerprint density at radius 2 is 2.15 bits per heavy atom. The largest absolute Gasteiger partial charge is 0.394 e. The molecule has 78 valence electrons. The van der Waals surface area contributed by atoms with E-state index < -0.39 is 11.9 Å². The lowest BCUT2D eigenvalue weighted by molar-refractivity contribution is -0.149. The zero-order valence-electron chi connectivity index (χ0n) is 8.36. The summed E-state index contributed by atoms with van der Waals surface area (Å²) in [5.41, 5.74) is 0. The van der Waals surface area contributed by atoms with Gasteiger partial charge < -0.3 is 19.7 Å². The maximum absolute atomic E-state index is 9.37. The summed E-state index contributed by atoms with van der Waals surface area (Å²) in [6.45, 7) is 5.76. The number of ether oxygens (including phenoxy) is 2. The average molecular weight is 190 g/mol. The molecule has 0 aromatic heterocycles. The van der Waals surface area contributed by atoms with Gasteiger partial charge in [0.1, 0.15) is 0 Å². The van der Waals surface area contributed by atoms with Crippen LogP contribution in [0.4, 0.5) is 0 Å². The van der Waals surface area contributed by atoms with Gasteiger partial charge in [-0.3, -0.25) is 0 Å². The fraction of sp³-hybridized carbons (Fsp3) is 1.00. The van der Waals surface area contributed by atoms with Crippen LogP contribution >= 0.6 is 0 Å². The van der Waals surface area contributed by atoms with Crippen LogP contribution < -0.4 is 0 Å². The third-order valence-corrected chi connectivity index (χ3v) is 2.41. The molecule has 1 aliphatic rings. The van der Waals surface area contributed by atoms with E-state index in [1.165, 1.54) is 0 Å². The number of aliphatic hydroxyl groups excluding tert-OH is 2. The molecule has 0 unspecified atom stereocenters. The first-order chi connectivity index (χ1) is 5.96. The second-order valence-corrected chi connectivity index (χ2v) is 3.98. The molecule has 0 bridgehead atoms. The second kappa shape index (κ2) is 3.92. The zero-order valence-corrected chi connectivity index (χ0v) is 8.36. The van der Waals surface area contributed by atoms with Gasteiger partial charge in [0.15, 0.2) is 5.79 Å². The van der Waals surface area contributed by atoms with E-state index in [2.05, 4.69) is 0 Å². The summed E-state index contributed by atoms with van der Waals surface area (Å²) in [5.74, 6) is -0.666. The molecular weight excluding hydrogens is 172 g/mol. The number of rotatable bonds is 3. The van der Waals surface area contributed by atoms with Crippen molar-refractivity contribution in [3.63, 3.8) is 0 Å². The molecule has 1 rings (SSSR count). The Morgan fingerprint density at radius 3 is 2.54 bits per heavy atom. The van der Waals surface area contributed by atoms with E-state index in [9.17, 15) is 5.11 Å². The first kappa shape index (κ1) is 10.9. The third kappa shape index (κ3) is 2.64. The maximum Gasteiger partial charge on any atom is 0.163 e. The van der Waals surface area contributed by atoms with Crippen LogP contribution in [0.5, 0.6) is 0 Å². The van der Waals surface area contributed by atoms with Crippen LogP contribution in [0.2, 0.25) is 0 Å². The highest BCUT2D eigenvalue weighted by molar-refractivity contribution is 4.79. The molecule has 0 amide bonds. The molecule has 0 aromatic carbocycles. The smallest absolute Gasteiger partial charge is 0.163 e. The number of hydrogen-bond donors (Lipinski definition) is 2. The summed E-state index contributed by atoms with van der Waals surface area (Å²) < 4.78 is 10.9. The first-order valence-electron chi connectivity index (χ1n) is 4.57. The van der Waals surface area contributed by atoms with E-state index in [1.54, 1.807) is 0 Å². The molecule has 0 aliphatic carbocycles. The number of aliphatic hydroxyl groups is 2. The fourth-order valence-electron chi connectivity index (χ4n) is 1.39. The van der Waals surface area contributed by atoms with E-state index in [4.69, 9.17) is 14.6 Å². The second-order valence-electron chi connectivity index (χ2n) is 3.98. The van der Waals surface area contributed by atoms with Crippen LogP contribution in [0.15, 0.2) is 0 Å². The topological polar surface area (TPSA) is 58.9 Å². The SMILES string of the molecule is C[C@@H]([C@H](O)CO)[C@H]1COC(C)(C)O1. The van der Waals surface area contributed by atoms with Crippen molar-refractivity contribution in [1.82, 2.24) is 0 Å². The number of hydrogen-bond acceptors (Lipinski definition) is 4. The Labute approximate surface area is 78.5 Å². The van der Waals surface area contributed by atoms with Crippen LogP contribution in [-0.2, 0) is 9.47 Å². The summed E-state index contributed by atoms with van der Waals surface area (Å²) in [6, 6.07) is 0. The standard InChI is InChI=1S/C9H18O4/c1-6(7(11)4-10)8-5-12-9(2,3)13-8/h6-8,10-11H,4-5H2,1-3H3/t6-,7+,8+/m0/s1. The minimum absolute atomic E-state index is 0.105. The van der Waals surface area contributed by atoms with E-state index in [1.807, 2.05) is 20.8 Å². The van der Waals surface area contributed by atoms with E-state index in [-0.39, 0.29) is 18.6 Å². The third-order valence-electron chi connectivity index (χ3n) is 2.41. The minimum Gasteiger partial charge on any atom is -0.394 e. The lowest BCUT2D eigenvalue weighted by Gasteiger charge is -2.23. The lowest BCUT2D eigenvalue weighted by Crippen LogP contribution is -2.34. The fourth-order valence-corrected chi connectivity index (χ4v) is 1.39. The van der Waals surface area contributed by atoms with Crippen molar-refractivity contribution < 1.29 is 19.7 Å². The van der Waals surface area contributed by atoms with Gasteiger partial charge in [0.2, 0.25) is 0 Å². The van der Waals surface area contributed by atoms with Gasteiger partial charge in [0, 0.05) is 5.92 Å². The molecule has 3 atom stereocenters. The van der Waals surface area contributed by atoms with Crippen molar-refractivity contribution in [2.45, 2.75) is 38.8 Å². The van der Waals surface area contributed by atoms with E-state index in [0.29, 0.717) is 6.61 Å². The van der Waals surface area contributed by atoms with E-state index in [0.717, 1.165) is 0 Å². The summed E-state index contributed by atoms with van der Waals surface area (Å²) in [5, 5.41) is 18.1. The van der Waals surface area contributed by atoms with Crippen molar-refractivity contribution in [3.05, 3.63) is 0 Å². The maximum atomic E-state index is 9.37. The van der Waals surface area contributed by atoms with Crippen molar-refractivity contribution in [1.29, 1.82) is 0 Å². The molecule has 0 aromatic rings. The van der Waals surface area contributed by atoms with Crippen molar-refractivity contribution in [3.8, 4) is 0 Å². The van der Waals surface area contributed by atoms with Gasteiger partial charge in [-0.05, 0) is 13.8 Å². The molecule has 13 heavy (non-hydrogen) atoms. The van der Waals surface area contributed by atoms with Crippen LogP contribution in [0, 0.1) is 5.92 Å². The van der Waals surface area contributed by atoms with Crippen molar-refractivity contribution in [2.24, 2.45) is 5.92 Å². The zero-order chi connectivity index (χ0) is 10.1. The molecule has 0 saturated carbocycles.